The molecule has 0 heterocycles. The van der Waals surface area contributed by atoms with Gasteiger partial charge in [0, 0.05) is 10.9 Å². The Kier molecular flexibility index (Phi) is 6.31. The van der Waals surface area contributed by atoms with Gasteiger partial charge in [-0.1, -0.05) is 31.4 Å². The molecule has 0 radical (unpaired) electrons. The summed E-state index contributed by atoms with van der Waals surface area (Å²) in [5.41, 5.74) is 0.507. The van der Waals surface area contributed by atoms with Gasteiger partial charge in [-0.05, 0) is 38.2 Å². The molecule has 2 rings (SSSR count). The van der Waals surface area contributed by atoms with Crippen molar-refractivity contribution < 1.29 is 14.3 Å². The molecule has 0 spiro atoms. The van der Waals surface area contributed by atoms with Gasteiger partial charge in [-0.3, -0.25) is 4.79 Å². The van der Waals surface area contributed by atoms with Crippen LogP contribution in [0.3, 0.4) is 0 Å². The third-order valence-electron chi connectivity index (χ3n) is 3.93. The van der Waals surface area contributed by atoms with Gasteiger partial charge in [0.2, 0.25) is 0 Å². The monoisotopic (exact) mass is 321 g/mol. The van der Waals surface area contributed by atoms with Gasteiger partial charge in [0.15, 0.2) is 6.10 Å². The van der Waals surface area contributed by atoms with Crippen LogP contribution in [0.2, 0.25) is 0 Å². The molecule has 1 N–H and O–H groups in total. The lowest BCUT2D eigenvalue weighted by Crippen LogP contribution is -2.42. The first-order chi connectivity index (χ1) is 10.6. The second-order valence-electron chi connectivity index (χ2n) is 5.59. The minimum Gasteiger partial charge on any atom is -0.449 e. The van der Waals surface area contributed by atoms with Crippen molar-refractivity contribution in [3.8, 4) is 0 Å². The topological polar surface area (TPSA) is 55.4 Å². The summed E-state index contributed by atoms with van der Waals surface area (Å²) in [7, 11) is 0. The number of carbonyl (C=O) groups is 2. The van der Waals surface area contributed by atoms with Crippen LogP contribution in [0.15, 0.2) is 29.2 Å². The number of ether oxygens (including phenoxy) is 1. The standard InChI is InChI=1S/C17H23NO3S/c1-12(16(19)18-13-8-4-3-5-9-13)21-17(20)14-10-6-7-11-15(14)22-2/h6-7,10-13H,3-5,8-9H2,1-2H3,(H,18,19). The van der Waals surface area contributed by atoms with Crippen LogP contribution in [0, 0.1) is 0 Å². The predicted octanol–water partition coefficient (Wildman–Crippen LogP) is 3.40. The molecule has 0 aliphatic heterocycles. The minimum atomic E-state index is -0.774. The van der Waals surface area contributed by atoms with Crippen LogP contribution in [-0.2, 0) is 9.53 Å². The first-order valence-electron chi connectivity index (χ1n) is 7.76. The summed E-state index contributed by atoms with van der Waals surface area (Å²) in [5, 5.41) is 2.98. The number of rotatable bonds is 5. The van der Waals surface area contributed by atoms with E-state index in [2.05, 4.69) is 5.32 Å². The molecular weight excluding hydrogens is 298 g/mol. The van der Waals surface area contributed by atoms with Crippen LogP contribution in [-0.4, -0.2) is 30.3 Å². The Morgan fingerprint density at radius 2 is 1.91 bits per heavy atom. The van der Waals surface area contributed by atoms with E-state index in [1.54, 1.807) is 19.1 Å². The molecule has 4 nitrogen and oxygen atoms in total. The number of hydrogen-bond donors (Lipinski definition) is 1. The van der Waals surface area contributed by atoms with Crippen molar-refractivity contribution in [1.29, 1.82) is 0 Å². The lowest BCUT2D eigenvalue weighted by molar-refractivity contribution is -0.130. The average Bonchev–Trinajstić information content (AvgIpc) is 2.55. The van der Waals surface area contributed by atoms with Gasteiger partial charge in [0.05, 0.1) is 5.56 Å². The smallest absolute Gasteiger partial charge is 0.340 e. The Bertz CT molecular complexity index is 526. The second kappa shape index (κ2) is 8.22. The molecule has 1 atom stereocenters. The van der Waals surface area contributed by atoms with Crippen molar-refractivity contribution >= 4 is 23.6 Å². The molecule has 1 unspecified atom stereocenters. The van der Waals surface area contributed by atoms with Crippen molar-refractivity contribution in [2.75, 3.05) is 6.26 Å². The maximum absolute atomic E-state index is 12.2. The third-order valence-corrected chi connectivity index (χ3v) is 4.73. The van der Waals surface area contributed by atoms with E-state index in [-0.39, 0.29) is 11.9 Å². The molecule has 1 saturated carbocycles. The lowest BCUT2D eigenvalue weighted by atomic mass is 9.95. The number of thioether (sulfide) groups is 1. The Hall–Kier alpha value is -1.49. The van der Waals surface area contributed by atoms with Crippen LogP contribution in [0.4, 0.5) is 0 Å². The quantitative estimate of drug-likeness (QED) is 0.667. The van der Waals surface area contributed by atoms with Crippen LogP contribution >= 0.6 is 11.8 Å². The van der Waals surface area contributed by atoms with Crippen molar-refractivity contribution in [2.24, 2.45) is 0 Å². The van der Waals surface area contributed by atoms with Gasteiger partial charge in [0.25, 0.3) is 5.91 Å². The summed E-state index contributed by atoms with van der Waals surface area (Å²) < 4.78 is 5.32. The van der Waals surface area contributed by atoms with Crippen molar-refractivity contribution in [3.05, 3.63) is 29.8 Å². The maximum Gasteiger partial charge on any atom is 0.340 e. The van der Waals surface area contributed by atoms with E-state index in [1.165, 1.54) is 18.2 Å². The van der Waals surface area contributed by atoms with E-state index < -0.39 is 12.1 Å². The number of amides is 1. The molecule has 120 valence electrons. The Balaban J connectivity index is 1.91. The minimum absolute atomic E-state index is 0.207. The summed E-state index contributed by atoms with van der Waals surface area (Å²) >= 11 is 1.49. The number of esters is 1. The van der Waals surface area contributed by atoms with E-state index in [1.807, 2.05) is 18.4 Å². The fraction of sp³-hybridized carbons (Fsp3) is 0.529. The molecule has 1 aromatic carbocycles. The van der Waals surface area contributed by atoms with E-state index >= 15 is 0 Å². The summed E-state index contributed by atoms with van der Waals surface area (Å²) in [6, 6.07) is 7.49. The normalized spacial score (nSPS) is 16.8. The van der Waals surface area contributed by atoms with E-state index in [9.17, 15) is 9.59 Å². The zero-order chi connectivity index (χ0) is 15.9. The average molecular weight is 321 g/mol. The highest BCUT2D eigenvalue weighted by molar-refractivity contribution is 7.98. The molecule has 1 aliphatic rings. The number of hydrogen-bond acceptors (Lipinski definition) is 4. The molecule has 1 fully saturated rings. The van der Waals surface area contributed by atoms with Gasteiger partial charge in [-0.2, -0.15) is 0 Å². The molecular formula is C17H23NO3S. The molecule has 1 aromatic rings. The molecule has 1 aliphatic carbocycles. The fourth-order valence-corrected chi connectivity index (χ4v) is 3.24. The van der Waals surface area contributed by atoms with Crippen LogP contribution in [0.1, 0.15) is 49.4 Å². The SMILES string of the molecule is CSc1ccccc1C(=O)OC(C)C(=O)NC1CCCCC1. The van der Waals surface area contributed by atoms with Crippen LogP contribution in [0.25, 0.3) is 0 Å². The van der Waals surface area contributed by atoms with Crippen molar-refractivity contribution in [1.82, 2.24) is 5.32 Å². The molecule has 22 heavy (non-hydrogen) atoms. The highest BCUT2D eigenvalue weighted by Gasteiger charge is 2.23. The van der Waals surface area contributed by atoms with E-state index in [0.29, 0.717) is 5.56 Å². The summed E-state index contributed by atoms with van der Waals surface area (Å²) in [5.74, 6) is -0.655. The first kappa shape index (κ1) is 16.9. The largest absolute Gasteiger partial charge is 0.449 e. The van der Waals surface area contributed by atoms with Gasteiger partial charge in [0.1, 0.15) is 0 Å². The first-order valence-corrected chi connectivity index (χ1v) is 8.98. The molecule has 1 amide bonds. The summed E-state index contributed by atoms with van der Waals surface area (Å²) in [6.45, 7) is 1.62. The number of carbonyl (C=O) groups excluding carboxylic acids is 2. The Morgan fingerprint density at radius 3 is 2.59 bits per heavy atom. The van der Waals surface area contributed by atoms with E-state index in [4.69, 9.17) is 4.74 Å². The molecule has 0 bridgehead atoms. The summed E-state index contributed by atoms with van der Waals surface area (Å²) in [4.78, 5) is 25.2. The van der Waals surface area contributed by atoms with Crippen LogP contribution < -0.4 is 5.32 Å². The van der Waals surface area contributed by atoms with Crippen molar-refractivity contribution in [2.45, 2.75) is 56.1 Å². The van der Waals surface area contributed by atoms with E-state index in [0.717, 1.165) is 30.6 Å². The van der Waals surface area contributed by atoms with Gasteiger partial charge < -0.3 is 10.1 Å². The molecule has 0 saturated heterocycles. The van der Waals surface area contributed by atoms with Crippen molar-refractivity contribution in [3.63, 3.8) is 0 Å². The highest BCUT2D eigenvalue weighted by Crippen LogP contribution is 2.21. The van der Waals surface area contributed by atoms with Gasteiger partial charge in [-0.25, -0.2) is 4.79 Å². The number of nitrogens with one attached hydrogen (secondary N) is 1. The third kappa shape index (κ3) is 4.50. The highest BCUT2D eigenvalue weighted by atomic mass is 32.2. The second-order valence-corrected chi connectivity index (χ2v) is 6.44. The molecule has 5 heteroatoms. The lowest BCUT2D eigenvalue weighted by Gasteiger charge is -2.24. The van der Waals surface area contributed by atoms with Crippen LogP contribution in [0.5, 0.6) is 0 Å². The predicted molar refractivity (Wildman–Crippen MR) is 88.1 cm³/mol. The summed E-state index contributed by atoms with van der Waals surface area (Å²) in [6.07, 6.45) is 6.71. The Morgan fingerprint density at radius 1 is 1.23 bits per heavy atom. The maximum atomic E-state index is 12.2. The zero-order valence-electron chi connectivity index (χ0n) is 13.1. The van der Waals surface area contributed by atoms with Gasteiger partial charge in [-0.15, -0.1) is 11.8 Å². The zero-order valence-corrected chi connectivity index (χ0v) is 13.9. The number of benzene rings is 1. The van der Waals surface area contributed by atoms with Gasteiger partial charge >= 0.3 is 5.97 Å². The Labute approximate surface area is 136 Å². The fourth-order valence-electron chi connectivity index (χ4n) is 2.66. The molecule has 0 aromatic heterocycles.